The van der Waals surface area contributed by atoms with Crippen LogP contribution in [0.1, 0.15) is 11.3 Å². The minimum atomic E-state index is -0.176. The number of fused-ring (bicyclic) bond motifs is 1. The molecule has 1 amide bonds. The molecule has 15 heavy (non-hydrogen) atoms. The second-order valence-corrected chi connectivity index (χ2v) is 3.44. The molecular weight excluding hydrogens is 196 g/mol. The molecule has 0 unspecified atom stereocenters. The predicted octanol–water partition coefficient (Wildman–Crippen LogP) is -0.360. The van der Waals surface area contributed by atoms with E-state index in [0.717, 1.165) is 30.8 Å². The average Bonchev–Trinajstić information content (AvgIpc) is 2.62. The highest BCUT2D eigenvalue weighted by Crippen LogP contribution is 2.19. The van der Waals surface area contributed by atoms with Crippen LogP contribution in [0.25, 0.3) is 0 Å². The van der Waals surface area contributed by atoms with Crippen LogP contribution in [0.2, 0.25) is 0 Å². The zero-order chi connectivity index (χ0) is 10.7. The van der Waals surface area contributed by atoms with Crippen molar-refractivity contribution in [3.8, 4) is 0 Å². The van der Waals surface area contributed by atoms with E-state index in [2.05, 4.69) is 20.8 Å². The maximum absolute atomic E-state index is 11.3. The van der Waals surface area contributed by atoms with Crippen molar-refractivity contribution in [3.05, 3.63) is 11.3 Å². The summed E-state index contributed by atoms with van der Waals surface area (Å²) in [6.45, 7) is 1.75. The van der Waals surface area contributed by atoms with Gasteiger partial charge in [-0.15, -0.1) is 0 Å². The summed E-state index contributed by atoms with van der Waals surface area (Å²) in [6, 6.07) is 0. The second kappa shape index (κ2) is 4.41. The molecule has 1 aromatic rings. The lowest BCUT2D eigenvalue weighted by Crippen LogP contribution is -2.24. The van der Waals surface area contributed by atoms with E-state index < -0.39 is 0 Å². The molecule has 0 fully saturated rings. The fourth-order valence-corrected chi connectivity index (χ4v) is 1.65. The van der Waals surface area contributed by atoms with E-state index in [1.54, 1.807) is 0 Å². The Hall–Kier alpha value is -1.40. The van der Waals surface area contributed by atoms with Crippen LogP contribution in [0, 0.1) is 0 Å². The number of H-pyrrole nitrogens is 1. The zero-order valence-electron chi connectivity index (χ0n) is 8.59. The molecule has 0 spiro atoms. The Kier molecular flexibility index (Phi) is 2.98. The fourth-order valence-electron chi connectivity index (χ4n) is 1.65. The smallest absolute Gasteiger partial charge is 0.251 e. The number of ether oxygens (including phenoxy) is 1. The standard InChI is InChI=1S/C9H14N4O2/c1-15-5-8(14)11-9-6-2-3-10-4-7(6)12-13-9/h10H,2-5H2,1H3,(H2,11,12,13,14). The number of carbonyl (C=O) groups is 1. The van der Waals surface area contributed by atoms with Crippen molar-refractivity contribution in [2.45, 2.75) is 13.0 Å². The summed E-state index contributed by atoms with van der Waals surface area (Å²) >= 11 is 0. The van der Waals surface area contributed by atoms with Gasteiger partial charge in [-0.25, -0.2) is 0 Å². The van der Waals surface area contributed by atoms with E-state index in [-0.39, 0.29) is 12.5 Å². The summed E-state index contributed by atoms with van der Waals surface area (Å²) < 4.78 is 4.73. The number of hydrogen-bond donors (Lipinski definition) is 3. The van der Waals surface area contributed by atoms with E-state index in [1.807, 2.05) is 0 Å². The number of amides is 1. The number of carbonyl (C=O) groups excluding carboxylic acids is 1. The van der Waals surface area contributed by atoms with Crippen LogP contribution in [0.5, 0.6) is 0 Å². The van der Waals surface area contributed by atoms with E-state index >= 15 is 0 Å². The van der Waals surface area contributed by atoms with Crippen LogP contribution in [0.4, 0.5) is 5.82 Å². The molecule has 82 valence electrons. The highest BCUT2D eigenvalue weighted by molar-refractivity contribution is 5.91. The first-order valence-corrected chi connectivity index (χ1v) is 4.87. The molecule has 2 heterocycles. The van der Waals surface area contributed by atoms with Gasteiger partial charge in [-0.05, 0) is 13.0 Å². The molecule has 0 aromatic carbocycles. The number of rotatable bonds is 3. The molecular formula is C9H14N4O2. The Morgan fingerprint density at radius 2 is 2.53 bits per heavy atom. The molecule has 0 atom stereocenters. The highest BCUT2D eigenvalue weighted by Gasteiger charge is 2.17. The Balaban J connectivity index is 2.08. The third kappa shape index (κ3) is 2.16. The first kappa shape index (κ1) is 10.1. The monoisotopic (exact) mass is 210 g/mol. The lowest BCUT2D eigenvalue weighted by atomic mass is 10.1. The Morgan fingerprint density at radius 3 is 3.33 bits per heavy atom. The van der Waals surface area contributed by atoms with E-state index in [9.17, 15) is 4.79 Å². The van der Waals surface area contributed by atoms with Crippen LogP contribution < -0.4 is 10.6 Å². The first-order chi connectivity index (χ1) is 7.31. The molecule has 3 N–H and O–H groups in total. The molecule has 6 nitrogen and oxygen atoms in total. The Labute approximate surface area is 87.4 Å². The van der Waals surface area contributed by atoms with E-state index in [4.69, 9.17) is 4.74 Å². The van der Waals surface area contributed by atoms with Gasteiger partial charge in [0.25, 0.3) is 5.91 Å². The van der Waals surface area contributed by atoms with E-state index in [1.165, 1.54) is 7.11 Å². The summed E-state index contributed by atoms with van der Waals surface area (Å²) in [5.41, 5.74) is 2.15. The minimum absolute atomic E-state index is 0.0554. The zero-order valence-corrected chi connectivity index (χ0v) is 8.59. The van der Waals surface area contributed by atoms with Gasteiger partial charge in [0, 0.05) is 19.2 Å². The first-order valence-electron chi connectivity index (χ1n) is 4.87. The second-order valence-electron chi connectivity index (χ2n) is 3.44. The summed E-state index contributed by atoms with van der Waals surface area (Å²) in [5.74, 6) is 0.457. The highest BCUT2D eigenvalue weighted by atomic mass is 16.5. The van der Waals surface area contributed by atoms with Crippen LogP contribution in [0.15, 0.2) is 0 Å². The maximum Gasteiger partial charge on any atom is 0.251 e. The molecule has 0 radical (unpaired) electrons. The van der Waals surface area contributed by atoms with Crippen LogP contribution in [-0.2, 0) is 22.5 Å². The molecule has 1 aromatic heterocycles. The van der Waals surface area contributed by atoms with Crippen molar-refractivity contribution in [3.63, 3.8) is 0 Å². The average molecular weight is 210 g/mol. The number of nitrogens with zero attached hydrogens (tertiary/aromatic N) is 1. The third-order valence-electron chi connectivity index (χ3n) is 2.34. The van der Waals surface area contributed by atoms with Crippen LogP contribution in [0.3, 0.4) is 0 Å². The topological polar surface area (TPSA) is 79.0 Å². The molecule has 0 bridgehead atoms. The van der Waals surface area contributed by atoms with Gasteiger partial charge in [-0.2, -0.15) is 5.10 Å². The summed E-state index contributed by atoms with van der Waals surface area (Å²) in [5, 5.41) is 12.9. The number of nitrogens with one attached hydrogen (secondary N) is 3. The fraction of sp³-hybridized carbons (Fsp3) is 0.556. The summed E-state index contributed by atoms with van der Waals surface area (Å²) in [6.07, 6.45) is 0.883. The molecule has 0 saturated carbocycles. The number of aromatic amines is 1. The molecule has 1 aliphatic heterocycles. The predicted molar refractivity (Wildman–Crippen MR) is 54.5 cm³/mol. The van der Waals surface area contributed by atoms with E-state index in [0.29, 0.717) is 5.82 Å². The van der Waals surface area contributed by atoms with Crippen molar-refractivity contribution in [1.82, 2.24) is 15.5 Å². The number of methoxy groups -OCH3 is 1. The quantitative estimate of drug-likeness (QED) is 0.636. The summed E-state index contributed by atoms with van der Waals surface area (Å²) in [4.78, 5) is 11.3. The van der Waals surface area contributed by atoms with Crippen molar-refractivity contribution in [2.24, 2.45) is 0 Å². The molecule has 6 heteroatoms. The Morgan fingerprint density at radius 1 is 1.67 bits per heavy atom. The van der Waals surface area contributed by atoms with Crippen molar-refractivity contribution in [1.29, 1.82) is 0 Å². The van der Waals surface area contributed by atoms with Crippen molar-refractivity contribution in [2.75, 3.05) is 25.6 Å². The molecule has 1 aliphatic rings. The van der Waals surface area contributed by atoms with Gasteiger partial charge in [0.05, 0.1) is 5.69 Å². The van der Waals surface area contributed by atoms with Gasteiger partial charge in [0.1, 0.15) is 6.61 Å². The van der Waals surface area contributed by atoms with Gasteiger partial charge < -0.3 is 15.4 Å². The number of hydrogen-bond acceptors (Lipinski definition) is 4. The lowest BCUT2D eigenvalue weighted by molar-refractivity contribution is -0.119. The van der Waals surface area contributed by atoms with Gasteiger partial charge in [0.15, 0.2) is 5.82 Å². The number of aromatic nitrogens is 2. The van der Waals surface area contributed by atoms with Gasteiger partial charge in [-0.3, -0.25) is 9.89 Å². The lowest BCUT2D eigenvalue weighted by Gasteiger charge is -2.12. The molecule has 0 aliphatic carbocycles. The molecule has 0 saturated heterocycles. The molecule has 2 rings (SSSR count). The van der Waals surface area contributed by atoms with Gasteiger partial charge in [-0.1, -0.05) is 0 Å². The largest absolute Gasteiger partial charge is 0.375 e. The maximum atomic E-state index is 11.3. The minimum Gasteiger partial charge on any atom is -0.375 e. The van der Waals surface area contributed by atoms with Crippen LogP contribution >= 0.6 is 0 Å². The van der Waals surface area contributed by atoms with Crippen molar-refractivity contribution >= 4 is 11.7 Å². The van der Waals surface area contributed by atoms with Crippen molar-refractivity contribution < 1.29 is 9.53 Å². The third-order valence-corrected chi connectivity index (χ3v) is 2.34. The van der Waals surface area contributed by atoms with Crippen LogP contribution in [-0.4, -0.2) is 36.4 Å². The van der Waals surface area contributed by atoms with Gasteiger partial charge in [0.2, 0.25) is 0 Å². The normalized spacial score (nSPS) is 14.7. The number of anilines is 1. The SMILES string of the molecule is COCC(=O)Nc1n[nH]c2c1CCNC2. The Bertz CT molecular complexity index is 361. The summed E-state index contributed by atoms with van der Waals surface area (Å²) in [7, 11) is 1.49. The van der Waals surface area contributed by atoms with Gasteiger partial charge >= 0.3 is 0 Å².